The maximum atomic E-state index is 12.2. The molecule has 10 nitrogen and oxygen atoms in total. The first kappa shape index (κ1) is 21.5. The van der Waals surface area contributed by atoms with Crippen molar-refractivity contribution in [2.45, 2.75) is 38.0 Å². The Morgan fingerprint density at radius 2 is 2.00 bits per heavy atom. The summed E-state index contributed by atoms with van der Waals surface area (Å²) in [5.74, 6) is 0.578. The van der Waals surface area contributed by atoms with Gasteiger partial charge >= 0.3 is 0 Å². The van der Waals surface area contributed by atoms with Crippen LogP contribution in [0, 0.1) is 10.1 Å². The van der Waals surface area contributed by atoms with Gasteiger partial charge in [0.1, 0.15) is 5.82 Å². The molecule has 0 saturated carbocycles. The lowest BCUT2D eigenvalue weighted by molar-refractivity contribution is -0.384. The molecule has 2 N–H and O–H groups in total. The van der Waals surface area contributed by atoms with Gasteiger partial charge in [-0.25, -0.2) is 14.6 Å². The third kappa shape index (κ3) is 5.23. The summed E-state index contributed by atoms with van der Waals surface area (Å²) in [4.78, 5) is 31.5. The van der Waals surface area contributed by atoms with Crippen molar-refractivity contribution in [3.63, 3.8) is 0 Å². The van der Waals surface area contributed by atoms with Crippen LogP contribution in [-0.2, 0) is 17.8 Å². The SMILES string of the molecule is CSc1nc(NC(C)C)c2cnn(CCNC(=O)Cc3ccc([N+](=O)[O-])cc3)c2n1. The van der Waals surface area contributed by atoms with Gasteiger partial charge in [0.25, 0.3) is 5.69 Å². The van der Waals surface area contributed by atoms with Crippen LogP contribution in [0.1, 0.15) is 19.4 Å². The van der Waals surface area contributed by atoms with Gasteiger partial charge in [0.15, 0.2) is 10.8 Å². The zero-order chi connectivity index (χ0) is 21.7. The van der Waals surface area contributed by atoms with Crippen molar-refractivity contribution in [1.29, 1.82) is 0 Å². The van der Waals surface area contributed by atoms with Gasteiger partial charge in [0.2, 0.25) is 5.91 Å². The number of carbonyl (C=O) groups excluding carboxylic acids is 1. The Labute approximate surface area is 177 Å². The van der Waals surface area contributed by atoms with E-state index in [1.165, 1.54) is 23.9 Å². The molecule has 2 heterocycles. The van der Waals surface area contributed by atoms with Crippen molar-refractivity contribution in [3.05, 3.63) is 46.1 Å². The summed E-state index contributed by atoms with van der Waals surface area (Å²) in [5.41, 5.74) is 1.43. The number of hydrogen-bond acceptors (Lipinski definition) is 8. The number of aromatic nitrogens is 4. The molecular weight excluding hydrogens is 406 g/mol. The third-order valence-electron chi connectivity index (χ3n) is 4.24. The first-order valence-electron chi connectivity index (χ1n) is 9.41. The summed E-state index contributed by atoms with van der Waals surface area (Å²) in [6.45, 7) is 4.92. The van der Waals surface area contributed by atoms with Gasteiger partial charge in [-0.1, -0.05) is 23.9 Å². The van der Waals surface area contributed by atoms with Crippen molar-refractivity contribution in [3.8, 4) is 0 Å². The molecular formula is C19H23N7O3S. The van der Waals surface area contributed by atoms with E-state index in [-0.39, 0.29) is 24.1 Å². The number of amides is 1. The summed E-state index contributed by atoms with van der Waals surface area (Å²) in [5, 5.41) is 22.7. The summed E-state index contributed by atoms with van der Waals surface area (Å²) < 4.78 is 1.74. The molecule has 158 valence electrons. The fraction of sp³-hybridized carbons (Fsp3) is 0.368. The predicted octanol–water partition coefficient (Wildman–Crippen LogP) is 2.64. The number of nitro groups is 1. The van der Waals surface area contributed by atoms with Crippen molar-refractivity contribution in [2.75, 3.05) is 18.1 Å². The van der Waals surface area contributed by atoms with E-state index in [1.807, 2.05) is 20.1 Å². The number of carbonyl (C=O) groups is 1. The quantitative estimate of drug-likeness (QED) is 0.230. The molecule has 0 fully saturated rings. The topological polar surface area (TPSA) is 128 Å². The van der Waals surface area contributed by atoms with Crippen molar-refractivity contribution in [2.24, 2.45) is 0 Å². The molecule has 2 aromatic heterocycles. The van der Waals surface area contributed by atoms with Crippen LogP contribution in [0.15, 0.2) is 35.6 Å². The largest absolute Gasteiger partial charge is 0.367 e. The molecule has 0 atom stereocenters. The minimum atomic E-state index is -0.466. The number of thioether (sulfide) groups is 1. The number of nitro benzene ring substituents is 1. The van der Waals surface area contributed by atoms with E-state index in [0.29, 0.717) is 29.5 Å². The minimum Gasteiger partial charge on any atom is -0.367 e. The third-order valence-corrected chi connectivity index (χ3v) is 4.79. The maximum absolute atomic E-state index is 12.2. The van der Waals surface area contributed by atoms with Crippen LogP contribution in [0.4, 0.5) is 11.5 Å². The first-order chi connectivity index (χ1) is 14.4. The Bertz CT molecular complexity index is 1050. The number of nitrogens with one attached hydrogen (secondary N) is 2. The molecule has 0 bridgehead atoms. The molecule has 11 heteroatoms. The predicted molar refractivity (Wildman–Crippen MR) is 116 cm³/mol. The highest BCUT2D eigenvalue weighted by Gasteiger charge is 2.14. The van der Waals surface area contributed by atoms with Crippen LogP contribution in [0.25, 0.3) is 11.0 Å². The van der Waals surface area contributed by atoms with Crippen LogP contribution in [0.5, 0.6) is 0 Å². The van der Waals surface area contributed by atoms with Crippen molar-refractivity contribution >= 4 is 40.2 Å². The molecule has 0 aliphatic carbocycles. The molecule has 0 spiro atoms. The van der Waals surface area contributed by atoms with Gasteiger partial charge in [-0.05, 0) is 25.7 Å². The number of non-ortho nitro benzene ring substituents is 1. The summed E-state index contributed by atoms with van der Waals surface area (Å²) >= 11 is 1.45. The number of benzene rings is 1. The monoisotopic (exact) mass is 429 g/mol. The molecule has 30 heavy (non-hydrogen) atoms. The highest BCUT2D eigenvalue weighted by molar-refractivity contribution is 7.98. The zero-order valence-electron chi connectivity index (χ0n) is 17.0. The average Bonchev–Trinajstić information content (AvgIpc) is 3.11. The maximum Gasteiger partial charge on any atom is 0.269 e. The zero-order valence-corrected chi connectivity index (χ0v) is 17.8. The lowest BCUT2D eigenvalue weighted by Crippen LogP contribution is -2.28. The molecule has 0 aliphatic heterocycles. The lowest BCUT2D eigenvalue weighted by Gasteiger charge is -2.11. The number of hydrogen-bond donors (Lipinski definition) is 2. The van der Waals surface area contributed by atoms with Crippen molar-refractivity contribution < 1.29 is 9.72 Å². The second kappa shape index (κ2) is 9.53. The molecule has 3 rings (SSSR count). The van der Waals surface area contributed by atoms with Crippen LogP contribution >= 0.6 is 11.8 Å². The van der Waals surface area contributed by atoms with Crippen LogP contribution in [0.3, 0.4) is 0 Å². The Balaban J connectivity index is 1.62. The van der Waals surface area contributed by atoms with E-state index in [9.17, 15) is 14.9 Å². The fourth-order valence-corrected chi connectivity index (χ4v) is 3.22. The second-order valence-electron chi connectivity index (χ2n) is 6.91. The van der Waals surface area contributed by atoms with Gasteiger partial charge in [-0.2, -0.15) is 5.10 Å². The van der Waals surface area contributed by atoms with Crippen LogP contribution < -0.4 is 10.6 Å². The van der Waals surface area contributed by atoms with Gasteiger partial charge in [-0.15, -0.1) is 0 Å². The van der Waals surface area contributed by atoms with Gasteiger partial charge in [-0.3, -0.25) is 14.9 Å². The Morgan fingerprint density at radius 1 is 1.27 bits per heavy atom. The van der Waals surface area contributed by atoms with Crippen LogP contribution in [-0.4, -0.2) is 49.4 Å². The summed E-state index contributed by atoms with van der Waals surface area (Å²) in [7, 11) is 0. The molecule has 1 aromatic carbocycles. The normalized spacial score (nSPS) is 11.1. The van der Waals surface area contributed by atoms with E-state index in [4.69, 9.17) is 0 Å². The molecule has 0 unspecified atom stereocenters. The molecule has 0 saturated heterocycles. The van der Waals surface area contributed by atoms with Crippen molar-refractivity contribution in [1.82, 2.24) is 25.1 Å². The second-order valence-corrected chi connectivity index (χ2v) is 7.69. The molecule has 0 radical (unpaired) electrons. The fourth-order valence-electron chi connectivity index (χ4n) is 2.86. The lowest BCUT2D eigenvalue weighted by atomic mass is 10.1. The minimum absolute atomic E-state index is 0.00245. The Hall–Kier alpha value is -3.21. The van der Waals surface area contributed by atoms with E-state index in [0.717, 1.165) is 11.2 Å². The van der Waals surface area contributed by atoms with E-state index < -0.39 is 4.92 Å². The van der Waals surface area contributed by atoms with E-state index in [1.54, 1.807) is 23.0 Å². The highest BCUT2D eigenvalue weighted by atomic mass is 32.2. The highest BCUT2D eigenvalue weighted by Crippen LogP contribution is 2.23. The number of rotatable bonds is 9. The van der Waals surface area contributed by atoms with E-state index >= 15 is 0 Å². The first-order valence-corrected chi connectivity index (χ1v) is 10.6. The van der Waals surface area contributed by atoms with E-state index in [2.05, 4.69) is 25.7 Å². The summed E-state index contributed by atoms with van der Waals surface area (Å²) in [6, 6.07) is 6.18. The Kier molecular flexibility index (Phi) is 6.83. The number of anilines is 1. The summed E-state index contributed by atoms with van der Waals surface area (Å²) in [6.07, 6.45) is 3.79. The number of nitrogens with zero attached hydrogens (tertiary/aromatic N) is 5. The van der Waals surface area contributed by atoms with Crippen LogP contribution in [0.2, 0.25) is 0 Å². The molecule has 3 aromatic rings. The molecule has 1 amide bonds. The standard InChI is InChI=1S/C19H23N7O3S/c1-12(2)22-17-15-11-21-25(18(15)24-19(23-17)30-3)9-8-20-16(27)10-13-4-6-14(7-5-13)26(28)29/h4-7,11-12H,8-10H2,1-3H3,(H,20,27)(H,22,23,24). The average molecular weight is 430 g/mol. The van der Waals surface area contributed by atoms with Gasteiger partial charge < -0.3 is 10.6 Å². The Morgan fingerprint density at radius 3 is 2.63 bits per heavy atom. The van der Waals surface area contributed by atoms with Gasteiger partial charge in [0.05, 0.1) is 29.5 Å². The van der Waals surface area contributed by atoms with Gasteiger partial charge in [0, 0.05) is 24.7 Å². The smallest absolute Gasteiger partial charge is 0.269 e. The number of fused-ring (bicyclic) bond motifs is 1. The molecule has 0 aliphatic rings.